The second-order valence-corrected chi connectivity index (χ2v) is 9.75. The summed E-state index contributed by atoms with van der Waals surface area (Å²) in [5.41, 5.74) is 5.56. The molecule has 4 aromatic rings. The molecule has 0 aliphatic rings. The molecule has 1 amide bonds. The van der Waals surface area contributed by atoms with Crippen LogP contribution in [0.1, 0.15) is 44.3 Å². The lowest BCUT2D eigenvalue weighted by Crippen LogP contribution is -2.17. The third-order valence-electron chi connectivity index (χ3n) is 5.96. The number of hydrogen-bond donors (Lipinski definition) is 2. The number of amides is 1. The molecule has 4 aromatic carbocycles. The van der Waals surface area contributed by atoms with Crippen molar-refractivity contribution in [2.45, 2.75) is 20.1 Å². The molecule has 0 aliphatic heterocycles. The molecule has 0 saturated carbocycles. The van der Waals surface area contributed by atoms with E-state index in [9.17, 15) is 9.59 Å². The number of carboxylic acids is 1. The van der Waals surface area contributed by atoms with E-state index in [1.807, 2.05) is 37.3 Å². The standard InChI is InChI=1S/C32H29BrN2O7/c1-3-40-28-17-25(13-14-27(28)41-19-21-7-5-4-6-8-21)31(36)35-34-18-23-15-26(33)30(29(16-23)39-2)42-20-22-9-11-24(12-10-22)32(37)38/h4-18H,3,19-20H2,1-2H3,(H,35,36)(H,37,38)/b34-18+. The van der Waals surface area contributed by atoms with Crippen molar-refractivity contribution in [1.29, 1.82) is 0 Å². The highest BCUT2D eigenvalue weighted by Crippen LogP contribution is 2.37. The highest BCUT2D eigenvalue weighted by Gasteiger charge is 2.14. The van der Waals surface area contributed by atoms with Crippen LogP contribution in [-0.2, 0) is 13.2 Å². The first-order valence-corrected chi connectivity index (χ1v) is 13.8. The summed E-state index contributed by atoms with van der Waals surface area (Å²) in [7, 11) is 1.52. The van der Waals surface area contributed by atoms with Crippen LogP contribution in [-0.4, -0.2) is 36.9 Å². The summed E-state index contributed by atoms with van der Waals surface area (Å²) in [6.07, 6.45) is 1.49. The van der Waals surface area contributed by atoms with Crippen molar-refractivity contribution in [3.05, 3.63) is 117 Å². The lowest BCUT2D eigenvalue weighted by Gasteiger charge is -2.14. The summed E-state index contributed by atoms with van der Waals surface area (Å²) < 4.78 is 23.7. The quantitative estimate of drug-likeness (QED) is 0.128. The Kier molecular flexibility index (Phi) is 10.5. The molecule has 2 N–H and O–H groups in total. The Labute approximate surface area is 251 Å². The largest absolute Gasteiger partial charge is 0.493 e. The summed E-state index contributed by atoms with van der Waals surface area (Å²) in [5.74, 6) is 0.523. The van der Waals surface area contributed by atoms with Crippen molar-refractivity contribution < 1.29 is 33.6 Å². The van der Waals surface area contributed by atoms with E-state index >= 15 is 0 Å². The number of hydrogen-bond acceptors (Lipinski definition) is 7. The number of nitrogens with zero attached hydrogens (tertiary/aromatic N) is 1. The minimum atomic E-state index is -0.988. The smallest absolute Gasteiger partial charge is 0.335 e. The first-order valence-electron chi connectivity index (χ1n) is 13.0. The molecular weight excluding hydrogens is 604 g/mol. The minimum Gasteiger partial charge on any atom is -0.493 e. The topological polar surface area (TPSA) is 116 Å². The fourth-order valence-corrected chi connectivity index (χ4v) is 4.43. The number of hydrazone groups is 1. The van der Waals surface area contributed by atoms with Crippen molar-refractivity contribution in [3.8, 4) is 23.0 Å². The SMILES string of the molecule is CCOc1cc(C(=O)N/N=C/c2cc(Br)c(OCc3ccc(C(=O)O)cc3)c(OC)c2)ccc1OCc1ccccc1. The van der Waals surface area contributed by atoms with Gasteiger partial charge in [0.2, 0.25) is 0 Å². The van der Waals surface area contributed by atoms with Crippen LogP contribution in [0.2, 0.25) is 0 Å². The molecule has 0 heterocycles. The molecule has 4 rings (SSSR count). The summed E-state index contributed by atoms with van der Waals surface area (Å²) in [6, 6.07) is 24.7. The first kappa shape index (κ1) is 30.1. The van der Waals surface area contributed by atoms with Gasteiger partial charge >= 0.3 is 5.97 Å². The first-order chi connectivity index (χ1) is 20.4. The molecule has 0 spiro atoms. The van der Waals surface area contributed by atoms with E-state index in [1.54, 1.807) is 42.5 Å². The molecule has 0 saturated heterocycles. The van der Waals surface area contributed by atoms with Crippen molar-refractivity contribution >= 4 is 34.0 Å². The van der Waals surface area contributed by atoms with Crippen LogP contribution < -0.4 is 24.4 Å². The number of ether oxygens (including phenoxy) is 4. The third kappa shape index (κ3) is 8.11. The molecule has 216 valence electrons. The van der Waals surface area contributed by atoms with Crippen LogP contribution in [0.15, 0.2) is 94.5 Å². The number of benzene rings is 4. The Hall–Kier alpha value is -4.83. The summed E-state index contributed by atoms with van der Waals surface area (Å²) in [6.45, 7) is 2.86. The third-order valence-corrected chi connectivity index (χ3v) is 6.55. The number of nitrogens with one attached hydrogen (secondary N) is 1. The van der Waals surface area contributed by atoms with Gasteiger partial charge in [0, 0.05) is 5.56 Å². The van der Waals surface area contributed by atoms with Crippen LogP contribution >= 0.6 is 15.9 Å². The van der Waals surface area contributed by atoms with Crippen LogP contribution in [0, 0.1) is 0 Å². The van der Waals surface area contributed by atoms with Gasteiger partial charge in [-0.1, -0.05) is 42.5 Å². The Morgan fingerprint density at radius 1 is 0.833 bits per heavy atom. The Bertz CT molecular complexity index is 1560. The lowest BCUT2D eigenvalue weighted by molar-refractivity contribution is 0.0696. The van der Waals surface area contributed by atoms with Crippen molar-refractivity contribution in [1.82, 2.24) is 5.43 Å². The number of rotatable bonds is 13. The van der Waals surface area contributed by atoms with Crippen molar-refractivity contribution in [2.24, 2.45) is 5.10 Å². The zero-order valence-corrected chi connectivity index (χ0v) is 24.6. The van der Waals surface area contributed by atoms with E-state index in [1.165, 1.54) is 25.5 Å². The Balaban J connectivity index is 1.39. The lowest BCUT2D eigenvalue weighted by atomic mass is 10.1. The normalized spacial score (nSPS) is 10.7. The van der Waals surface area contributed by atoms with Gasteiger partial charge in [-0.15, -0.1) is 0 Å². The van der Waals surface area contributed by atoms with E-state index in [4.69, 9.17) is 24.1 Å². The molecule has 0 aliphatic carbocycles. The van der Waals surface area contributed by atoms with Crippen molar-refractivity contribution in [3.63, 3.8) is 0 Å². The van der Waals surface area contributed by atoms with Gasteiger partial charge in [0.05, 0.1) is 30.0 Å². The predicted molar refractivity (Wildman–Crippen MR) is 162 cm³/mol. The molecule has 0 fully saturated rings. The van der Waals surface area contributed by atoms with E-state index in [0.717, 1.165) is 11.1 Å². The zero-order valence-electron chi connectivity index (χ0n) is 23.0. The number of carbonyl (C=O) groups excluding carboxylic acids is 1. The van der Waals surface area contributed by atoms with Gasteiger partial charge in [0.1, 0.15) is 13.2 Å². The van der Waals surface area contributed by atoms with Crippen LogP contribution in [0.25, 0.3) is 0 Å². The molecular formula is C32H29BrN2O7. The molecule has 0 aromatic heterocycles. The number of carbonyl (C=O) groups is 2. The van der Waals surface area contributed by atoms with Crippen LogP contribution in [0.3, 0.4) is 0 Å². The highest BCUT2D eigenvalue weighted by atomic mass is 79.9. The fourth-order valence-electron chi connectivity index (χ4n) is 3.86. The van der Waals surface area contributed by atoms with Gasteiger partial charge in [-0.25, -0.2) is 10.2 Å². The average molecular weight is 633 g/mol. The fraction of sp³-hybridized carbons (Fsp3) is 0.156. The monoisotopic (exact) mass is 632 g/mol. The van der Waals surface area contributed by atoms with Gasteiger partial charge in [-0.2, -0.15) is 5.10 Å². The van der Waals surface area contributed by atoms with E-state index in [0.29, 0.717) is 51.8 Å². The maximum absolute atomic E-state index is 12.8. The van der Waals surface area contributed by atoms with Gasteiger partial charge in [-0.3, -0.25) is 4.79 Å². The van der Waals surface area contributed by atoms with Gasteiger partial charge in [0.15, 0.2) is 23.0 Å². The van der Waals surface area contributed by atoms with Crippen molar-refractivity contribution in [2.75, 3.05) is 13.7 Å². The second-order valence-electron chi connectivity index (χ2n) is 8.89. The maximum Gasteiger partial charge on any atom is 0.335 e. The van der Waals surface area contributed by atoms with Gasteiger partial charge < -0.3 is 24.1 Å². The summed E-state index contributed by atoms with van der Waals surface area (Å²) in [5, 5.41) is 13.2. The molecule has 0 radical (unpaired) electrons. The number of methoxy groups -OCH3 is 1. The molecule has 0 atom stereocenters. The van der Waals surface area contributed by atoms with E-state index in [-0.39, 0.29) is 12.2 Å². The molecule has 0 unspecified atom stereocenters. The van der Waals surface area contributed by atoms with Gasteiger partial charge in [-0.05, 0) is 82.0 Å². The summed E-state index contributed by atoms with van der Waals surface area (Å²) in [4.78, 5) is 23.8. The maximum atomic E-state index is 12.8. The second kappa shape index (κ2) is 14.7. The number of aromatic carboxylic acids is 1. The van der Waals surface area contributed by atoms with Gasteiger partial charge in [0.25, 0.3) is 5.91 Å². The molecule has 42 heavy (non-hydrogen) atoms. The highest BCUT2D eigenvalue weighted by molar-refractivity contribution is 9.10. The number of carboxylic acid groups (broad SMARTS) is 1. The van der Waals surface area contributed by atoms with E-state index < -0.39 is 11.9 Å². The molecule has 10 heteroatoms. The molecule has 9 nitrogen and oxygen atoms in total. The average Bonchev–Trinajstić information content (AvgIpc) is 3.00. The molecule has 0 bridgehead atoms. The zero-order chi connectivity index (χ0) is 29.9. The Morgan fingerprint density at radius 2 is 1.52 bits per heavy atom. The predicted octanol–water partition coefficient (Wildman–Crippen LogP) is 6.48. The van der Waals surface area contributed by atoms with Crippen LogP contribution in [0.4, 0.5) is 0 Å². The van der Waals surface area contributed by atoms with Crippen LogP contribution in [0.5, 0.6) is 23.0 Å². The summed E-state index contributed by atoms with van der Waals surface area (Å²) >= 11 is 3.50. The van der Waals surface area contributed by atoms with E-state index in [2.05, 4.69) is 26.5 Å². The minimum absolute atomic E-state index is 0.202. The number of halogens is 1. The Morgan fingerprint density at radius 3 is 2.21 bits per heavy atom.